The minimum atomic E-state index is -2.73. The van der Waals surface area contributed by atoms with Crippen molar-refractivity contribution < 1.29 is 23.1 Å². The number of benzene rings is 2. The third-order valence-corrected chi connectivity index (χ3v) is 3.09. The normalized spacial score (nSPS) is 10.8. The quantitative estimate of drug-likeness (QED) is 0.885. The molecule has 0 bridgehead atoms. The molecule has 20 heavy (non-hydrogen) atoms. The molecule has 0 spiro atoms. The second-order valence-corrected chi connectivity index (χ2v) is 4.41. The van der Waals surface area contributed by atoms with Crippen molar-refractivity contribution in [3.8, 4) is 11.1 Å². The molecule has 0 amide bonds. The van der Waals surface area contributed by atoms with Crippen molar-refractivity contribution in [1.82, 2.24) is 0 Å². The van der Waals surface area contributed by atoms with E-state index in [0.717, 1.165) is 18.2 Å². The first-order valence-electron chi connectivity index (χ1n) is 5.51. The molecule has 0 saturated heterocycles. The maximum absolute atomic E-state index is 13.6. The highest BCUT2D eigenvalue weighted by Gasteiger charge is 2.19. The highest BCUT2D eigenvalue weighted by molar-refractivity contribution is 6.33. The Morgan fingerprint density at radius 2 is 1.85 bits per heavy atom. The van der Waals surface area contributed by atoms with Gasteiger partial charge in [-0.15, -0.1) is 0 Å². The van der Waals surface area contributed by atoms with Crippen LogP contribution in [0.3, 0.4) is 0 Å². The number of rotatable bonds is 3. The van der Waals surface area contributed by atoms with Crippen LogP contribution in [0.4, 0.5) is 13.2 Å². The number of aromatic carboxylic acids is 1. The minimum absolute atomic E-state index is 0.0370. The van der Waals surface area contributed by atoms with Crippen LogP contribution in [0.25, 0.3) is 11.1 Å². The van der Waals surface area contributed by atoms with Crippen molar-refractivity contribution in [1.29, 1.82) is 0 Å². The molecule has 0 atom stereocenters. The SMILES string of the molecule is O=C(O)c1c(F)cccc1-c1cc(C(F)F)ccc1Cl. The number of alkyl halides is 2. The Bertz CT molecular complexity index is 671. The van der Waals surface area contributed by atoms with E-state index in [1.54, 1.807) is 0 Å². The molecular weight excluding hydrogens is 293 g/mol. The Balaban J connectivity index is 2.71. The van der Waals surface area contributed by atoms with Gasteiger partial charge in [-0.05, 0) is 18.2 Å². The zero-order chi connectivity index (χ0) is 14.9. The largest absolute Gasteiger partial charge is 0.478 e. The highest BCUT2D eigenvalue weighted by atomic mass is 35.5. The summed E-state index contributed by atoms with van der Waals surface area (Å²) in [7, 11) is 0. The number of halogens is 4. The molecule has 104 valence electrons. The van der Waals surface area contributed by atoms with E-state index in [4.69, 9.17) is 16.7 Å². The smallest absolute Gasteiger partial charge is 0.339 e. The third-order valence-electron chi connectivity index (χ3n) is 2.76. The van der Waals surface area contributed by atoms with Crippen molar-refractivity contribution in [2.75, 3.05) is 0 Å². The van der Waals surface area contributed by atoms with Crippen LogP contribution in [-0.2, 0) is 0 Å². The van der Waals surface area contributed by atoms with Crippen molar-refractivity contribution in [2.24, 2.45) is 0 Å². The molecule has 6 heteroatoms. The molecule has 0 aromatic heterocycles. The Labute approximate surface area is 117 Å². The van der Waals surface area contributed by atoms with Gasteiger partial charge in [0.2, 0.25) is 0 Å². The lowest BCUT2D eigenvalue weighted by Crippen LogP contribution is -2.03. The summed E-state index contributed by atoms with van der Waals surface area (Å²) in [6.45, 7) is 0. The molecule has 0 fully saturated rings. The van der Waals surface area contributed by atoms with Gasteiger partial charge in [-0.1, -0.05) is 29.8 Å². The van der Waals surface area contributed by atoms with Crippen LogP contribution in [0.2, 0.25) is 5.02 Å². The molecule has 1 N–H and O–H groups in total. The van der Waals surface area contributed by atoms with Crippen LogP contribution < -0.4 is 0 Å². The fourth-order valence-corrected chi connectivity index (χ4v) is 2.07. The average molecular weight is 301 g/mol. The molecule has 0 aliphatic carbocycles. The number of carbonyl (C=O) groups is 1. The predicted molar refractivity (Wildman–Crippen MR) is 68.8 cm³/mol. The molecule has 0 aliphatic heterocycles. The maximum atomic E-state index is 13.6. The lowest BCUT2D eigenvalue weighted by molar-refractivity contribution is 0.0693. The van der Waals surface area contributed by atoms with Crippen LogP contribution in [-0.4, -0.2) is 11.1 Å². The van der Waals surface area contributed by atoms with Gasteiger partial charge >= 0.3 is 5.97 Å². The summed E-state index contributed by atoms with van der Waals surface area (Å²) < 4.78 is 39.0. The molecule has 2 nitrogen and oxygen atoms in total. The van der Waals surface area contributed by atoms with E-state index >= 15 is 0 Å². The van der Waals surface area contributed by atoms with Gasteiger partial charge in [-0.3, -0.25) is 0 Å². The highest BCUT2D eigenvalue weighted by Crippen LogP contribution is 2.34. The van der Waals surface area contributed by atoms with Gasteiger partial charge in [0, 0.05) is 21.7 Å². The zero-order valence-electron chi connectivity index (χ0n) is 9.91. The molecule has 0 heterocycles. The second-order valence-electron chi connectivity index (χ2n) is 4.01. The van der Waals surface area contributed by atoms with Crippen molar-refractivity contribution >= 4 is 17.6 Å². The van der Waals surface area contributed by atoms with Gasteiger partial charge in [-0.2, -0.15) is 0 Å². The van der Waals surface area contributed by atoms with Gasteiger partial charge in [0.1, 0.15) is 11.4 Å². The number of hydrogen-bond donors (Lipinski definition) is 1. The molecular formula is C14H8ClF3O2. The fraction of sp³-hybridized carbons (Fsp3) is 0.0714. The van der Waals surface area contributed by atoms with Crippen LogP contribution in [0.5, 0.6) is 0 Å². The zero-order valence-corrected chi connectivity index (χ0v) is 10.7. The van der Waals surface area contributed by atoms with Gasteiger partial charge in [0.15, 0.2) is 0 Å². The van der Waals surface area contributed by atoms with E-state index in [1.807, 2.05) is 0 Å². The maximum Gasteiger partial charge on any atom is 0.339 e. The molecule has 2 aromatic rings. The fourth-order valence-electron chi connectivity index (χ4n) is 1.85. The Morgan fingerprint density at radius 1 is 1.15 bits per heavy atom. The van der Waals surface area contributed by atoms with Crippen molar-refractivity contribution in [2.45, 2.75) is 6.43 Å². The van der Waals surface area contributed by atoms with E-state index < -0.39 is 23.8 Å². The van der Waals surface area contributed by atoms with Crippen LogP contribution in [0.15, 0.2) is 36.4 Å². The van der Waals surface area contributed by atoms with Crippen molar-refractivity contribution in [3.63, 3.8) is 0 Å². The first-order valence-corrected chi connectivity index (χ1v) is 5.89. The molecule has 0 saturated carbocycles. The standard InChI is InChI=1S/C14H8ClF3O2/c15-10-5-4-7(13(17)18)6-9(10)8-2-1-3-11(16)12(8)14(19)20/h1-6,13H,(H,19,20). The summed E-state index contributed by atoms with van der Waals surface area (Å²) in [5.74, 6) is -2.44. The minimum Gasteiger partial charge on any atom is -0.478 e. The number of carboxylic acid groups (broad SMARTS) is 1. The van der Waals surface area contributed by atoms with Crippen LogP contribution in [0, 0.1) is 5.82 Å². The van der Waals surface area contributed by atoms with E-state index in [-0.39, 0.29) is 21.7 Å². The van der Waals surface area contributed by atoms with E-state index in [9.17, 15) is 18.0 Å². The van der Waals surface area contributed by atoms with Gasteiger partial charge < -0.3 is 5.11 Å². The topological polar surface area (TPSA) is 37.3 Å². The second kappa shape index (κ2) is 5.54. The predicted octanol–water partition coefficient (Wildman–Crippen LogP) is 4.78. The average Bonchev–Trinajstić information content (AvgIpc) is 2.38. The Morgan fingerprint density at radius 3 is 2.45 bits per heavy atom. The monoisotopic (exact) mass is 300 g/mol. The van der Waals surface area contributed by atoms with Crippen LogP contribution in [0.1, 0.15) is 22.3 Å². The summed E-state index contributed by atoms with van der Waals surface area (Å²) in [5.41, 5.74) is -0.891. The molecule has 2 rings (SSSR count). The third kappa shape index (κ3) is 2.63. The Hall–Kier alpha value is -2.01. The van der Waals surface area contributed by atoms with E-state index in [2.05, 4.69) is 0 Å². The number of hydrogen-bond acceptors (Lipinski definition) is 1. The molecule has 0 unspecified atom stereocenters. The summed E-state index contributed by atoms with van der Waals surface area (Å²) in [5, 5.41) is 9.12. The lowest BCUT2D eigenvalue weighted by Gasteiger charge is -2.11. The van der Waals surface area contributed by atoms with Crippen LogP contribution >= 0.6 is 11.6 Å². The summed E-state index contributed by atoms with van der Waals surface area (Å²) in [6, 6.07) is 7.03. The molecule has 0 aliphatic rings. The van der Waals surface area contributed by atoms with Gasteiger partial charge in [-0.25, -0.2) is 18.0 Å². The summed E-state index contributed by atoms with van der Waals surface area (Å²) in [6.07, 6.45) is -2.73. The van der Waals surface area contributed by atoms with Crippen molar-refractivity contribution in [3.05, 3.63) is 58.4 Å². The summed E-state index contributed by atoms with van der Waals surface area (Å²) >= 11 is 5.90. The van der Waals surface area contributed by atoms with Gasteiger partial charge in [0.25, 0.3) is 6.43 Å². The van der Waals surface area contributed by atoms with E-state index in [1.165, 1.54) is 18.2 Å². The number of carboxylic acids is 1. The molecule has 2 aromatic carbocycles. The van der Waals surface area contributed by atoms with E-state index in [0.29, 0.717) is 0 Å². The lowest BCUT2D eigenvalue weighted by atomic mass is 9.97. The van der Waals surface area contributed by atoms with Gasteiger partial charge in [0.05, 0.1) is 0 Å². The molecule has 0 radical (unpaired) electrons. The summed E-state index contributed by atoms with van der Waals surface area (Å²) in [4.78, 5) is 11.1. The first-order chi connectivity index (χ1) is 9.41. The first kappa shape index (κ1) is 14.4. The Kier molecular flexibility index (Phi) is 3.99.